The first-order chi connectivity index (χ1) is 14.0. The average molecular weight is 423 g/mol. The normalized spacial score (nSPS) is 11.0. The van der Waals surface area contributed by atoms with Crippen LogP contribution >= 0.6 is 22.9 Å². The number of rotatable bonds is 5. The number of nitrogens with one attached hydrogen (secondary N) is 1. The monoisotopic (exact) mass is 422 g/mol. The number of carbonyl (C=O) groups excluding carboxylic acids is 1. The summed E-state index contributed by atoms with van der Waals surface area (Å²) in [5.41, 5.74) is 2.90. The van der Waals surface area contributed by atoms with Crippen LogP contribution in [0.25, 0.3) is 20.8 Å². The third-order valence-corrected chi connectivity index (χ3v) is 5.53. The van der Waals surface area contributed by atoms with Crippen molar-refractivity contribution >= 4 is 44.7 Å². The summed E-state index contributed by atoms with van der Waals surface area (Å²) in [6.07, 6.45) is 0.0372. The van der Waals surface area contributed by atoms with Gasteiger partial charge in [0.15, 0.2) is 0 Å². The van der Waals surface area contributed by atoms with E-state index in [9.17, 15) is 4.79 Å². The zero-order chi connectivity index (χ0) is 20.4. The molecule has 0 spiro atoms. The molecule has 0 saturated carbocycles. The van der Waals surface area contributed by atoms with Gasteiger partial charge in [-0.05, 0) is 62.4 Å². The molecule has 4 rings (SSSR count). The molecule has 0 radical (unpaired) electrons. The largest absolute Gasteiger partial charge is 0.491 e. The molecule has 3 aromatic carbocycles. The van der Waals surface area contributed by atoms with E-state index in [2.05, 4.69) is 5.32 Å². The smallest absolute Gasteiger partial charge is 0.255 e. The number of aromatic nitrogens is 1. The summed E-state index contributed by atoms with van der Waals surface area (Å²) in [7, 11) is 0. The zero-order valence-corrected chi connectivity index (χ0v) is 17.6. The van der Waals surface area contributed by atoms with E-state index in [1.54, 1.807) is 35.6 Å². The molecule has 0 atom stereocenters. The minimum absolute atomic E-state index is 0.0372. The van der Waals surface area contributed by atoms with Gasteiger partial charge in [0.05, 0.1) is 22.0 Å². The van der Waals surface area contributed by atoms with Crippen molar-refractivity contribution in [1.82, 2.24) is 4.98 Å². The number of thiazole rings is 1. The lowest BCUT2D eigenvalue weighted by Gasteiger charge is -2.12. The van der Waals surface area contributed by atoms with Gasteiger partial charge in [0.25, 0.3) is 5.91 Å². The average Bonchev–Trinajstić information content (AvgIpc) is 3.13. The van der Waals surface area contributed by atoms with Gasteiger partial charge < -0.3 is 10.1 Å². The van der Waals surface area contributed by atoms with Crippen molar-refractivity contribution in [3.05, 3.63) is 77.3 Å². The quantitative estimate of drug-likeness (QED) is 0.391. The lowest BCUT2D eigenvalue weighted by atomic mass is 10.1. The number of carbonyl (C=O) groups is 1. The predicted molar refractivity (Wildman–Crippen MR) is 120 cm³/mol. The molecule has 1 N–H and O–H groups in total. The van der Waals surface area contributed by atoms with Crippen molar-refractivity contribution in [2.24, 2.45) is 0 Å². The summed E-state index contributed by atoms with van der Waals surface area (Å²) in [5.74, 6) is 0.444. The van der Waals surface area contributed by atoms with E-state index in [1.165, 1.54) is 0 Å². The first kappa shape index (κ1) is 19.4. The van der Waals surface area contributed by atoms with Crippen LogP contribution in [0, 0.1) is 0 Å². The number of nitrogens with zero attached hydrogens (tertiary/aromatic N) is 1. The highest BCUT2D eigenvalue weighted by Gasteiger charge is 2.15. The van der Waals surface area contributed by atoms with Crippen molar-refractivity contribution < 1.29 is 9.53 Å². The van der Waals surface area contributed by atoms with Gasteiger partial charge in [-0.2, -0.15) is 0 Å². The second-order valence-electron chi connectivity index (χ2n) is 6.83. The number of hydrogen-bond acceptors (Lipinski definition) is 4. The number of hydrogen-bond donors (Lipinski definition) is 1. The second kappa shape index (κ2) is 8.23. The first-order valence-corrected chi connectivity index (χ1v) is 10.4. The van der Waals surface area contributed by atoms with Crippen molar-refractivity contribution in [3.8, 4) is 16.3 Å². The minimum atomic E-state index is -0.219. The third kappa shape index (κ3) is 4.42. The number of halogens is 1. The van der Waals surface area contributed by atoms with E-state index in [0.717, 1.165) is 20.8 Å². The van der Waals surface area contributed by atoms with E-state index in [1.807, 2.05) is 56.3 Å². The molecule has 29 heavy (non-hydrogen) atoms. The fourth-order valence-corrected chi connectivity index (χ4v) is 4.14. The Morgan fingerprint density at radius 1 is 1.07 bits per heavy atom. The molecule has 0 saturated heterocycles. The highest BCUT2D eigenvalue weighted by atomic mass is 35.5. The molecule has 0 bridgehead atoms. The Morgan fingerprint density at radius 3 is 2.69 bits per heavy atom. The molecule has 6 heteroatoms. The van der Waals surface area contributed by atoms with E-state index in [0.29, 0.717) is 22.0 Å². The lowest BCUT2D eigenvalue weighted by molar-refractivity contribution is 0.102. The minimum Gasteiger partial charge on any atom is -0.491 e. The van der Waals surface area contributed by atoms with Crippen LogP contribution in [-0.2, 0) is 0 Å². The standard InChI is InChI=1S/C23H19ClN2O2S/c1-14(2)28-17-7-5-6-15(12-17)22(27)25-19-11-10-16(24)13-18(19)23-26-20-8-3-4-9-21(20)29-23/h3-14H,1-2H3,(H,25,27). The summed E-state index contributed by atoms with van der Waals surface area (Å²) >= 11 is 7.80. The van der Waals surface area contributed by atoms with E-state index in [4.69, 9.17) is 21.3 Å². The summed E-state index contributed by atoms with van der Waals surface area (Å²) in [4.78, 5) is 17.6. The molecule has 146 valence electrons. The zero-order valence-electron chi connectivity index (χ0n) is 16.0. The number of ether oxygens (including phenoxy) is 1. The SMILES string of the molecule is CC(C)Oc1cccc(C(=O)Nc2ccc(Cl)cc2-c2nc3ccccc3s2)c1. The van der Waals surface area contributed by atoms with Crippen molar-refractivity contribution in [1.29, 1.82) is 0 Å². The molecule has 0 aliphatic rings. The van der Waals surface area contributed by atoms with Gasteiger partial charge in [-0.15, -0.1) is 11.3 Å². The molecule has 4 nitrogen and oxygen atoms in total. The van der Waals surface area contributed by atoms with Crippen LogP contribution in [-0.4, -0.2) is 17.0 Å². The molecule has 1 heterocycles. The summed E-state index contributed by atoms with van der Waals surface area (Å²) in [6.45, 7) is 3.90. The van der Waals surface area contributed by atoms with Crippen molar-refractivity contribution in [2.45, 2.75) is 20.0 Å². The van der Waals surface area contributed by atoms with E-state index in [-0.39, 0.29) is 12.0 Å². The number of benzene rings is 3. The van der Waals surface area contributed by atoms with Gasteiger partial charge in [0.2, 0.25) is 0 Å². The van der Waals surface area contributed by atoms with Crippen LogP contribution in [0.5, 0.6) is 5.75 Å². The highest BCUT2D eigenvalue weighted by molar-refractivity contribution is 7.21. The fourth-order valence-electron chi connectivity index (χ4n) is 2.97. The Hall–Kier alpha value is -2.89. The number of para-hydroxylation sites is 1. The Kier molecular flexibility index (Phi) is 5.51. The molecule has 0 aliphatic carbocycles. The van der Waals surface area contributed by atoms with Crippen LogP contribution in [0.3, 0.4) is 0 Å². The molecule has 1 aromatic heterocycles. The summed E-state index contributed by atoms with van der Waals surface area (Å²) in [6, 6.07) is 20.5. The predicted octanol–water partition coefficient (Wildman–Crippen LogP) is 6.66. The molecule has 0 fully saturated rings. The molecular weight excluding hydrogens is 404 g/mol. The molecule has 4 aromatic rings. The van der Waals surface area contributed by atoms with Gasteiger partial charge in [-0.3, -0.25) is 4.79 Å². The van der Waals surface area contributed by atoms with Crippen molar-refractivity contribution in [2.75, 3.05) is 5.32 Å². The Morgan fingerprint density at radius 2 is 1.90 bits per heavy atom. The van der Waals surface area contributed by atoms with Crippen LogP contribution in [0.15, 0.2) is 66.7 Å². The number of amides is 1. The van der Waals surface area contributed by atoms with Gasteiger partial charge in [0.1, 0.15) is 10.8 Å². The highest BCUT2D eigenvalue weighted by Crippen LogP contribution is 2.36. The van der Waals surface area contributed by atoms with Crippen LogP contribution in [0.4, 0.5) is 5.69 Å². The number of anilines is 1. The van der Waals surface area contributed by atoms with Gasteiger partial charge in [-0.25, -0.2) is 4.98 Å². The van der Waals surface area contributed by atoms with Gasteiger partial charge in [0, 0.05) is 16.1 Å². The summed E-state index contributed by atoms with van der Waals surface area (Å²) in [5, 5.41) is 4.38. The molecule has 1 amide bonds. The maximum atomic E-state index is 12.9. The van der Waals surface area contributed by atoms with Crippen LogP contribution in [0.1, 0.15) is 24.2 Å². The van der Waals surface area contributed by atoms with Gasteiger partial charge >= 0.3 is 0 Å². The summed E-state index contributed by atoms with van der Waals surface area (Å²) < 4.78 is 6.77. The van der Waals surface area contributed by atoms with E-state index < -0.39 is 0 Å². The Bertz CT molecular complexity index is 1150. The van der Waals surface area contributed by atoms with Gasteiger partial charge in [-0.1, -0.05) is 29.8 Å². The lowest BCUT2D eigenvalue weighted by Crippen LogP contribution is -2.13. The maximum absolute atomic E-state index is 12.9. The van der Waals surface area contributed by atoms with Crippen molar-refractivity contribution in [3.63, 3.8) is 0 Å². The second-order valence-corrected chi connectivity index (χ2v) is 8.29. The Labute approximate surface area is 178 Å². The Balaban J connectivity index is 1.66. The third-order valence-electron chi connectivity index (χ3n) is 4.22. The molecule has 0 unspecified atom stereocenters. The molecule has 0 aliphatic heterocycles. The number of fused-ring (bicyclic) bond motifs is 1. The fraction of sp³-hybridized carbons (Fsp3) is 0.130. The maximum Gasteiger partial charge on any atom is 0.255 e. The van der Waals surface area contributed by atoms with Crippen LogP contribution < -0.4 is 10.1 Å². The first-order valence-electron chi connectivity index (χ1n) is 9.23. The van der Waals surface area contributed by atoms with Crippen LogP contribution in [0.2, 0.25) is 5.02 Å². The van der Waals surface area contributed by atoms with E-state index >= 15 is 0 Å². The topological polar surface area (TPSA) is 51.2 Å². The molecular formula is C23H19ClN2O2S.